The number of ether oxygens (including phenoxy) is 2. The predicted molar refractivity (Wildman–Crippen MR) is 98.8 cm³/mol. The van der Waals surface area contributed by atoms with Crippen molar-refractivity contribution in [1.29, 1.82) is 0 Å². The second-order valence-corrected chi connectivity index (χ2v) is 6.84. The van der Waals surface area contributed by atoms with Crippen molar-refractivity contribution in [3.63, 3.8) is 0 Å². The van der Waals surface area contributed by atoms with Gasteiger partial charge < -0.3 is 14.4 Å². The Kier molecular flexibility index (Phi) is 5.20. The van der Waals surface area contributed by atoms with Gasteiger partial charge in [-0.2, -0.15) is 0 Å². The van der Waals surface area contributed by atoms with Gasteiger partial charge in [-0.05, 0) is 43.4 Å². The highest BCUT2D eigenvalue weighted by Crippen LogP contribution is 2.37. The number of hydrogen-bond acceptors (Lipinski definition) is 5. The normalized spacial score (nSPS) is 20.8. The number of nitrogens with zero attached hydrogens (tertiary/aromatic N) is 2. The van der Waals surface area contributed by atoms with Crippen LogP contribution in [0.15, 0.2) is 23.9 Å². The molecule has 1 fully saturated rings. The Balaban J connectivity index is 2.12. The third-order valence-corrected chi connectivity index (χ3v) is 5.11. The Morgan fingerprint density at radius 3 is 2.46 bits per heavy atom. The zero-order chi connectivity index (χ0) is 18.8. The summed E-state index contributed by atoms with van der Waals surface area (Å²) in [6.45, 7) is 5.96. The maximum Gasteiger partial charge on any atom is 0.277 e. The molecule has 6 nitrogen and oxygen atoms in total. The minimum Gasteiger partial charge on any atom is -0.493 e. The molecule has 0 bridgehead atoms. The standard InChI is InChI=1S/C20H26N2O4/c1-5-22-19(23)17(14-8-9-15(25-3)16(11-14)26-4)18(20(22)24)21-10-6-7-13(2)12-21/h8-9,11,13H,5-7,10,12H2,1-4H3. The quantitative estimate of drug-likeness (QED) is 0.757. The average molecular weight is 358 g/mol. The Morgan fingerprint density at radius 2 is 1.85 bits per heavy atom. The fraction of sp³-hybridized carbons (Fsp3) is 0.500. The molecule has 0 aromatic heterocycles. The number of rotatable bonds is 5. The van der Waals surface area contributed by atoms with Crippen LogP contribution in [0.5, 0.6) is 11.5 Å². The first kappa shape index (κ1) is 18.3. The molecule has 0 spiro atoms. The van der Waals surface area contributed by atoms with Crippen LogP contribution in [0.25, 0.3) is 5.57 Å². The van der Waals surface area contributed by atoms with E-state index in [4.69, 9.17) is 9.47 Å². The summed E-state index contributed by atoms with van der Waals surface area (Å²) in [7, 11) is 3.13. The van der Waals surface area contributed by atoms with Gasteiger partial charge in [0.2, 0.25) is 0 Å². The van der Waals surface area contributed by atoms with Crippen LogP contribution in [0.3, 0.4) is 0 Å². The minimum atomic E-state index is -0.238. The summed E-state index contributed by atoms with van der Waals surface area (Å²) in [4.78, 5) is 29.3. The molecule has 2 amide bonds. The molecule has 3 rings (SSSR count). The molecule has 1 unspecified atom stereocenters. The summed E-state index contributed by atoms with van der Waals surface area (Å²) in [5.74, 6) is 1.20. The number of likely N-dealkylation sites (N-methyl/N-ethyl adjacent to an activating group) is 1. The number of amides is 2. The summed E-state index contributed by atoms with van der Waals surface area (Å²) < 4.78 is 10.7. The minimum absolute atomic E-state index is 0.198. The van der Waals surface area contributed by atoms with E-state index in [1.807, 2.05) is 13.0 Å². The third kappa shape index (κ3) is 3.04. The van der Waals surface area contributed by atoms with Crippen LogP contribution in [0.1, 0.15) is 32.3 Å². The highest BCUT2D eigenvalue weighted by atomic mass is 16.5. The number of carbonyl (C=O) groups excluding carboxylic acids is 2. The second kappa shape index (κ2) is 7.40. The van der Waals surface area contributed by atoms with Gasteiger partial charge in [0.05, 0.1) is 19.8 Å². The number of likely N-dealkylation sites (tertiary alicyclic amines) is 1. The third-order valence-electron chi connectivity index (χ3n) is 5.11. The first-order valence-electron chi connectivity index (χ1n) is 9.09. The lowest BCUT2D eigenvalue weighted by Gasteiger charge is -2.33. The van der Waals surface area contributed by atoms with E-state index in [9.17, 15) is 9.59 Å². The molecule has 2 heterocycles. The van der Waals surface area contributed by atoms with E-state index in [1.54, 1.807) is 26.4 Å². The molecule has 2 aliphatic rings. The molecule has 0 N–H and O–H groups in total. The highest BCUT2D eigenvalue weighted by Gasteiger charge is 2.41. The van der Waals surface area contributed by atoms with Crippen molar-refractivity contribution in [2.45, 2.75) is 26.7 Å². The molecular weight excluding hydrogens is 332 g/mol. The van der Waals surface area contributed by atoms with Gasteiger partial charge in [-0.1, -0.05) is 13.0 Å². The Bertz CT molecular complexity index is 756. The topological polar surface area (TPSA) is 59.1 Å². The van der Waals surface area contributed by atoms with E-state index in [0.29, 0.717) is 40.8 Å². The van der Waals surface area contributed by atoms with Gasteiger partial charge in [-0.25, -0.2) is 0 Å². The summed E-state index contributed by atoms with van der Waals surface area (Å²) in [5, 5.41) is 0. The average Bonchev–Trinajstić information content (AvgIpc) is 2.90. The van der Waals surface area contributed by atoms with Gasteiger partial charge in [0, 0.05) is 19.6 Å². The second-order valence-electron chi connectivity index (χ2n) is 6.84. The molecule has 1 atom stereocenters. The fourth-order valence-electron chi connectivity index (χ4n) is 3.79. The van der Waals surface area contributed by atoms with Crippen LogP contribution in [0, 0.1) is 5.92 Å². The number of methoxy groups -OCH3 is 2. The van der Waals surface area contributed by atoms with Crippen LogP contribution in [0.4, 0.5) is 0 Å². The first-order valence-corrected chi connectivity index (χ1v) is 9.09. The summed E-state index contributed by atoms with van der Waals surface area (Å²) in [6, 6.07) is 5.35. The van der Waals surface area contributed by atoms with Gasteiger partial charge in [0.15, 0.2) is 11.5 Å². The number of benzene rings is 1. The first-order chi connectivity index (χ1) is 12.5. The largest absolute Gasteiger partial charge is 0.493 e. The van der Waals surface area contributed by atoms with Crippen LogP contribution in [-0.4, -0.2) is 55.5 Å². The van der Waals surface area contributed by atoms with Crippen molar-refractivity contribution in [2.24, 2.45) is 5.92 Å². The predicted octanol–water partition coefficient (Wildman–Crippen LogP) is 2.54. The van der Waals surface area contributed by atoms with Gasteiger partial charge in [-0.3, -0.25) is 14.5 Å². The number of piperidine rings is 1. The molecule has 26 heavy (non-hydrogen) atoms. The van der Waals surface area contributed by atoms with Crippen LogP contribution < -0.4 is 9.47 Å². The highest BCUT2D eigenvalue weighted by molar-refractivity contribution is 6.35. The van der Waals surface area contributed by atoms with E-state index >= 15 is 0 Å². The van der Waals surface area contributed by atoms with E-state index < -0.39 is 0 Å². The van der Waals surface area contributed by atoms with Crippen LogP contribution >= 0.6 is 0 Å². The monoisotopic (exact) mass is 358 g/mol. The summed E-state index contributed by atoms with van der Waals surface area (Å²) >= 11 is 0. The number of hydrogen-bond donors (Lipinski definition) is 0. The van der Waals surface area contributed by atoms with Gasteiger partial charge in [0.25, 0.3) is 11.8 Å². The van der Waals surface area contributed by atoms with Gasteiger partial charge >= 0.3 is 0 Å². The summed E-state index contributed by atoms with van der Waals surface area (Å²) in [5.41, 5.74) is 1.67. The molecule has 1 aromatic rings. The zero-order valence-electron chi connectivity index (χ0n) is 15.9. The van der Waals surface area contributed by atoms with Gasteiger partial charge in [-0.15, -0.1) is 0 Å². The van der Waals surface area contributed by atoms with Crippen molar-refractivity contribution in [3.05, 3.63) is 29.5 Å². The molecule has 0 radical (unpaired) electrons. The van der Waals surface area contributed by atoms with Crippen molar-refractivity contribution < 1.29 is 19.1 Å². The SMILES string of the molecule is CCN1C(=O)C(c2ccc(OC)c(OC)c2)=C(N2CCCC(C)C2)C1=O. The Labute approximate surface area is 154 Å². The molecule has 1 saturated heterocycles. The van der Waals surface area contributed by atoms with Gasteiger partial charge in [0.1, 0.15) is 5.70 Å². The molecule has 0 aliphatic carbocycles. The molecule has 6 heteroatoms. The lowest BCUT2D eigenvalue weighted by molar-refractivity contribution is -0.137. The maximum atomic E-state index is 13.0. The molecule has 2 aliphatic heterocycles. The van der Waals surface area contributed by atoms with Crippen molar-refractivity contribution in [1.82, 2.24) is 9.80 Å². The van der Waals surface area contributed by atoms with E-state index in [-0.39, 0.29) is 11.8 Å². The summed E-state index contributed by atoms with van der Waals surface area (Å²) in [6.07, 6.45) is 2.17. The fourth-order valence-corrected chi connectivity index (χ4v) is 3.79. The molecular formula is C20H26N2O4. The molecule has 140 valence electrons. The lowest BCUT2D eigenvalue weighted by Crippen LogP contribution is -2.39. The lowest BCUT2D eigenvalue weighted by atomic mass is 9.97. The van der Waals surface area contributed by atoms with E-state index in [1.165, 1.54) is 4.90 Å². The van der Waals surface area contributed by atoms with Crippen LogP contribution in [-0.2, 0) is 9.59 Å². The number of imide groups is 1. The van der Waals surface area contributed by atoms with E-state index in [2.05, 4.69) is 11.8 Å². The molecule has 1 aromatic carbocycles. The Hall–Kier alpha value is -2.50. The molecule has 0 saturated carbocycles. The van der Waals surface area contributed by atoms with Crippen molar-refractivity contribution in [2.75, 3.05) is 33.9 Å². The van der Waals surface area contributed by atoms with Crippen molar-refractivity contribution in [3.8, 4) is 11.5 Å². The van der Waals surface area contributed by atoms with E-state index in [0.717, 1.165) is 25.9 Å². The number of carbonyl (C=O) groups is 2. The zero-order valence-corrected chi connectivity index (χ0v) is 15.9. The smallest absolute Gasteiger partial charge is 0.277 e. The Morgan fingerprint density at radius 1 is 1.12 bits per heavy atom. The van der Waals surface area contributed by atoms with Crippen LogP contribution in [0.2, 0.25) is 0 Å². The van der Waals surface area contributed by atoms with Crippen molar-refractivity contribution >= 4 is 17.4 Å². The maximum absolute atomic E-state index is 13.0.